The van der Waals surface area contributed by atoms with Gasteiger partial charge in [-0.05, 0) is 87.5 Å². The lowest BCUT2D eigenvalue weighted by atomic mass is 9.81. The number of benzene rings is 1. The first-order valence-corrected chi connectivity index (χ1v) is 13.8. The molecule has 4 rings (SSSR count). The number of hydrogen-bond donors (Lipinski definition) is 1. The van der Waals surface area contributed by atoms with Crippen molar-refractivity contribution in [1.29, 1.82) is 0 Å². The third-order valence-corrected chi connectivity index (χ3v) is 9.19. The molecule has 0 unspecified atom stereocenters. The van der Waals surface area contributed by atoms with Crippen LogP contribution in [0.2, 0.25) is 0 Å². The predicted octanol–water partition coefficient (Wildman–Crippen LogP) is 3.33. The maximum absolute atomic E-state index is 12.9. The summed E-state index contributed by atoms with van der Waals surface area (Å²) in [7, 11) is -3.62. The van der Waals surface area contributed by atoms with Gasteiger partial charge in [0.2, 0.25) is 21.8 Å². The molecule has 0 spiro atoms. The van der Waals surface area contributed by atoms with E-state index >= 15 is 0 Å². The van der Waals surface area contributed by atoms with E-state index in [0.29, 0.717) is 24.8 Å². The summed E-state index contributed by atoms with van der Waals surface area (Å²) in [6.45, 7) is 7.91. The third-order valence-electron chi connectivity index (χ3n) is 7.77. The fourth-order valence-corrected chi connectivity index (χ4v) is 6.83. The molecule has 2 fully saturated rings. The number of sulfonamides is 1. The van der Waals surface area contributed by atoms with Crippen molar-refractivity contribution >= 4 is 27.5 Å². The highest BCUT2D eigenvalue weighted by Crippen LogP contribution is 2.34. The second kappa shape index (κ2) is 9.74. The monoisotopic (exact) mass is 475 g/mol. The van der Waals surface area contributed by atoms with E-state index in [-0.39, 0.29) is 28.7 Å². The molecule has 8 heteroatoms. The van der Waals surface area contributed by atoms with Gasteiger partial charge in [-0.1, -0.05) is 6.92 Å². The van der Waals surface area contributed by atoms with E-state index in [9.17, 15) is 18.0 Å². The molecule has 1 saturated carbocycles. The summed E-state index contributed by atoms with van der Waals surface area (Å²) >= 11 is 0. The molecular formula is C25H37N3O4S. The van der Waals surface area contributed by atoms with Crippen molar-refractivity contribution < 1.29 is 18.0 Å². The molecule has 1 aromatic carbocycles. The molecule has 2 aliphatic heterocycles. The quantitative estimate of drug-likeness (QED) is 0.708. The van der Waals surface area contributed by atoms with Crippen LogP contribution in [0.4, 0.5) is 5.69 Å². The molecule has 182 valence electrons. The van der Waals surface area contributed by atoms with Crippen LogP contribution in [0.3, 0.4) is 0 Å². The first-order valence-electron chi connectivity index (χ1n) is 12.4. The summed E-state index contributed by atoms with van der Waals surface area (Å²) in [6.07, 6.45) is 6.28. The van der Waals surface area contributed by atoms with Crippen molar-refractivity contribution in [2.75, 3.05) is 24.5 Å². The highest BCUT2D eigenvalue weighted by Gasteiger charge is 2.32. The maximum Gasteiger partial charge on any atom is 0.240 e. The van der Waals surface area contributed by atoms with Crippen LogP contribution in [-0.4, -0.2) is 50.8 Å². The number of amides is 2. The van der Waals surface area contributed by atoms with Crippen LogP contribution in [-0.2, 0) is 26.0 Å². The zero-order valence-corrected chi connectivity index (χ0v) is 20.9. The zero-order chi connectivity index (χ0) is 23.8. The van der Waals surface area contributed by atoms with Gasteiger partial charge in [0.25, 0.3) is 0 Å². The van der Waals surface area contributed by atoms with Crippen LogP contribution in [0, 0.1) is 17.8 Å². The Labute approximate surface area is 198 Å². The van der Waals surface area contributed by atoms with Gasteiger partial charge in [0.15, 0.2) is 0 Å². The summed E-state index contributed by atoms with van der Waals surface area (Å²) < 4.78 is 28.6. The molecular weight excluding hydrogens is 438 g/mol. The van der Waals surface area contributed by atoms with Crippen LogP contribution >= 0.6 is 0 Å². The Bertz CT molecular complexity index is 993. The van der Waals surface area contributed by atoms with Crippen LogP contribution in [0.5, 0.6) is 0 Å². The molecule has 1 aromatic rings. The van der Waals surface area contributed by atoms with Crippen molar-refractivity contribution in [3.8, 4) is 0 Å². The van der Waals surface area contributed by atoms with Crippen LogP contribution in [0.15, 0.2) is 23.1 Å². The number of nitrogens with zero attached hydrogens (tertiary/aromatic N) is 2. The largest absolute Gasteiger partial charge is 0.342 e. The SMILES string of the molecule is CC(=O)N1c2ccc(S(=O)(=O)NCC3CCC(C(=O)N4CCC(C)CC4)CC3)cc2C[C@@H]1C. The van der Waals surface area contributed by atoms with E-state index in [1.54, 1.807) is 23.1 Å². The molecule has 2 heterocycles. The van der Waals surface area contributed by atoms with Crippen LogP contribution in [0.25, 0.3) is 0 Å². The topological polar surface area (TPSA) is 86.8 Å². The molecule has 2 amide bonds. The van der Waals surface area contributed by atoms with Crippen LogP contribution in [0.1, 0.15) is 64.9 Å². The Morgan fingerprint density at radius 3 is 2.33 bits per heavy atom. The van der Waals surface area contributed by atoms with Gasteiger partial charge < -0.3 is 9.80 Å². The lowest BCUT2D eigenvalue weighted by Gasteiger charge is -2.35. The van der Waals surface area contributed by atoms with E-state index in [4.69, 9.17) is 0 Å². The molecule has 7 nitrogen and oxygen atoms in total. The molecule has 1 N–H and O–H groups in total. The number of fused-ring (bicyclic) bond motifs is 1. The van der Waals surface area contributed by atoms with Gasteiger partial charge in [0.05, 0.1) is 4.90 Å². The number of carbonyl (C=O) groups is 2. The first kappa shape index (κ1) is 24.2. The van der Waals surface area contributed by atoms with Crippen molar-refractivity contribution in [3.63, 3.8) is 0 Å². The molecule has 1 atom stereocenters. The average Bonchev–Trinajstić information content (AvgIpc) is 3.13. The minimum Gasteiger partial charge on any atom is -0.342 e. The number of hydrogen-bond acceptors (Lipinski definition) is 4. The number of nitrogens with one attached hydrogen (secondary N) is 1. The summed E-state index contributed by atoms with van der Waals surface area (Å²) in [4.78, 5) is 28.8. The summed E-state index contributed by atoms with van der Waals surface area (Å²) in [5.41, 5.74) is 1.70. The normalized spacial score (nSPS) is 26.3. The van der Waals surface area contributed by atoms with Gasteiger partial charge in [-0.15, -0.1) is 0 Å². The number of carbonyl (C=O) groups excluding carboxylic acids is 2. The Hall–Kier alpha value is -1.93. The fraction of sp³-hybridized carbons (Fsp3) is 0.680. The maximum atomic E-state index is 12.9. The molecule has 3 aliphatic rings. The van der Waals surface area contributed by atoms with Crippen molar-refractivity contribution in [2.45, 2.75) is 76.7 Å². The van der Waals surface area contributed by atoms with Gasteiger partial charge in [-0.2, -0.15) is 0 Å². The van der Waals surface area contributed by atoms with Crippen molar-refractivity contribution in [3.05, 3.63) is 23.8 Å². The van der Waals surface area contributed by atoms with Crippen molar-refractivity contribution in [1.82, 2.24) is 9.62 Å². The number of likely N-dealkylation sites (tertiary alicyclic amines) is 1. The first-order chi connectivity index (χ1) is 15.7. The summed E-state index contributed by atoms with van der Waals surface area (Å²) in [6, 6.07) is 5.07. The highest BCUT2D eigenvalue weighted by molar-refractivity contribution is 7.89. The lowest BCUT2D eigenvalue weighted by Crippen LogP contribution is -2.42. The van der Waals surface area contributed by atoms with Crippen LogP contribution < -0.4 is 9.62 Å². The van der Waals surface area contributed by atoms with Gasteiger partial charge in [0.1, 0.15) is 0 Å². The fourth-order valence-electron chi connectivity index (χ4n) is 5.67. The minimum absolute atomic E-state index is 0.0288. The average molecular weight is 476 g/mol. The minimum atomic E-state index is -3.62. The summed E-state index contributed by atoms with van der Waals surface area (Å²) in [5.74, 6) is 1.33. The Morgan fingerprint density at radius 1 is 1.03 bits per heavy atom. The summed E-state index contributed by atoms with van der Waals surface area (Å²) in [5, 5.41) is 0. The third kappa shape index (κ3) is 5.27. The molecule has 1 aliphatic carbocycles. The molecule has 0 radical (unpaired) electrons. The molecule has 33 heavy (non-hydrogen) atoms. The standard InChI is InChI=1S/C25H37N3O4S/c1-17-10-12-27(13-11-17)25(30)21-6-4-20(5-7-21)16-26-33(31,32)23-8-9-24-22(15-23)14-18(2)28(24)19(3)29/h8-9,15,17-18,20-21,26H,4-7,10-14,16H2,1-3H3/t18-,20?,21?/m0/s1. The predicted molar refractivity (Wildman–Crippen MR) is 128 cm³/mol. The van der Waals surface area contributed by atoms with Gasteiger partial charge in [-0.3, -0.25) is 9.59 Å². The van der Waals surface area contributed by atoms with Crippen molar-refractivity contribution in [2.24, 2.45) is 17.8 Å². The molecule has 0 aromatic heterocycles. The van der Waals surface area contributed by atoms with E-state index in [1.165, 1.54) is 6.92 Å². The Balaban J connectivity index is 1.30. The number of anilines is 1. The number of piperidine rings is 1. The number of rotatable bonds is 5. The van der Waals surface area contributed by atoms with Gasteiger partial charge in [-0.25, -0.2) is 13.1 Å². The van der Waals surface area contributed by atoms with E-state index < -0.39 is 10.0 Å². The Morgan fingerprint density at radius 2 is 1.70 bits per heavy atom. The molecule has 0 bridgehead atoms. The Kier molecular flexibility index (Phi) is 7.15. The van der Waals surface area contributed by atoms with E-state index in [1.807, 2.05) is 11.8 Å². The van der Waals surface area contributed by atoms with E-state index in [2.05, 4.69) is 11.6 Å². The highest BCUT2D eigenvalue weighted by atomic mass is 32.2. The van der Waals surface area contributed by atoms with Gasteiger partial charge >= 0.3 is 0 Å². The zero-order valence-electron chi connectivity index (χ0n) is 20.0. The van der Waals surface area contributed by atoms with Gasteiger partial charge in [0, 0.05) is 44.2 Å². The second-order valence-corrected chi connectivity index (χ2v) is 12.1. The second-order valence-electron chi connectivity index (χ2n) is 10.3. The smallest absolute Gasteiger partial charge is 0.240 e. The molecule has 1 saturated heterocycles. The lowest BCUT2D eigenvalue weighted by molar-refractivity contribution is -0.138. The van der Waals surface area contributed by atoms with E-state index in [0.717, 1.165) is 62.9 Å².